The van der Waals surface area contributed by atoms with Gasteiger partial charge in [-0.25, -0.2) is 0 Å². The van der Waals surface area contributed by atoms with Crippen LogP contribution in [-0.4, -0.2) is 18.2 Å². The lowest BCUT2D eigenvalue weighted by Crippen LogP contribution is -2.46. The molecule has 1 aliphatic heterocycles. The highest BCUT2D eigenvalue weighted by molar-refractivity contribution is 5.16. The molecule has 0 radical (unpaired) electrons. The highest BCUT2D eigenvalue weighted by atomic mass is 16.5. The molecule has 2 rings (SSSR count). The maximum absolute atomic E-state index is 5.94. The molecule has 2 aliphatic rings. The Morgan fingerprint density at radius 1 is 1.29 bits per heavy atom. The van der Waals surface area contributed by atoms with Gasteiger partial charge >= 0.3 is 0 Å². The van der Waals surface area contributed by atoms with Crippen molar-refractivity contribution in [3.05, 3.63) is 11.6 Å². The number of hydrazine groups is 1. The van der Waals surface area contributed by atoms with Gasteiger partial charge < -0.3 is 4.74 Å². The third-order valence-corrected chi connectivity index (χ3v) is 4.61. The van der Waals surface area contributed by atoms with Crippen LogP contribution in [0.1, 0.15) is 46.5 Å². The van der Waals surface area contributed by atoms with E-state index < -0.39 is 0 Å². The molecule has 0 saturated carbocycles. The topological polar surface area (TPSA) is 47.3 Å². The largest absolute Gasteiger partial charge is 0.375 e. The smallest absolute Gasteiger partial charge is 0.0601 e. The van der Waals surface area contributed by atoms with Crippen LogP contribution in [0, 0.1) is 11.8 Å². The second kappa shape index (κ2) is 5.51. The quantitative estimate of drug-likeness (QED) is 0.451. The molecule has 0 aromatic rings. The van der Waals surface area contributed by atoms with Crippen LogP contribution in [-0.2, 0) is 4.74 Å². The lowest BCUT2D eigenvalue weighted by Gasteiger charge is -2.32. The van der Waals surface area contributed by atoms with E-state index in [1.165, 1.54) is 31.3 Å². The van der Waals surface area contributed by atoms with Crippen LogP contribution in [0.25, 0.3) is 0 Å². The minimum atomic E-state index is 0.295. The van der Waals surface area contributed by atoms with Crippen molar-refractivity contribution >= 4 is 0 Å². The van der Waals surface area contributed by atoms with Gasteiger partial charge in [0.2, 0.25) is 0 Å². The molecule has 1 aliphatic carbocycles. The summed E-state index contributed by atoms with van der Waals surface area (Å²) in [6.07, 6.45) is 8.05. The Balaban J connectivity index is 2.14. The predicted molar refractivity (Wildman–Crippen MR) is 70.3 cm³/mol. The van der Waals surface area contributed by atoms with E-state index in [0.29, 0.717) is 30.1 Å². The summed E-state index contributed by atoms with van der Waals surface area (Å²) in [4.78, 5) is 0. The Bertz CT molecular complexity index is 290. The first-order chi connectivity index (χ1) is 8.15. The first kappa shape index (κ1) is 13.1. The molecule has 3 heteroatoms. The predicted octanol–water partition coefficient (Wildman–Crippen LogP) is 2.38. The molecule has 0 aromatic heterocycles. The van der Waals surface area contributed by atoms with Gasteiger partial charge in [-0.1, -0.05) is 18.6 Å². The van der Waals surface area contributed by atoms with Crippen LogP contribution in [0.5, 0.6) is 0 Å². The molecule has 3 nitrogen and oxygen atoms in total. The Morgan fingerprint density at radius 3 is 2.53 bits per heavy atom. The Kier molecular flexibility index (Phi) is 4.23. The summed E-state index contributed by atoms with van der Waals surface area (Å²) in [5.74, 6) is 6.87. The van der Waals surface area contributed by atoms with Gasteiger partial charge in [0.15, 0.2) is 0 Å². The van der Waals surface area contributed by atoms with E-state index in [-0.39, 0.29) is 0 Å². The summed E-state index contributed by atoms with van der Waals surface area (Å²) in [7, 11) is 0. The molecule has 0 spiro atoms. The fraction of sp³-hybridized carbons (Fsp3) is 0.857. The van der Waals surface area contributed by atoms with Crippen molar-refractivity contribution in [3.63, 3.8) is 0 Å². The highest BCUT2D eigenvalue weighted by Gasteiger charge is 2.42. The molecule has 98 valence electrons. The highest BCUT2D eigenvalue weighted by Crippen LogP contribution is 2.38. The molecule has 17 heavy (non-hydrogen) atoms. The number of hydrogen-bond acceptors (Lipinski definition) is 3. The molecule has 0 bridgehead atoms. The molecule has 1 fully saturated rings. The SMILES string of the molecule is CC1OC(C)C(C(NN)C2=CCCCC2)C1C. The second-order valence-electron chi connectivity index (χ2n) is 5.65. The van der Waals surface area contributed by atoms with Crippen molar-refractivity contribution in [1.82, 2.24) is 5.43 Å². The molecule has 3 N–H and O–H groups in total. The zero-order chi connectivity index (χ0) is 12.4. The first-order valence-electron chi connectivity index (χ1n) is 6.95. The van der Waals surface area contributed by atoms with Gasteiger partial charge in [-0.15, -0.1) is 0 Å². The van der Waals surface area contributed by atoms with E-state index in [1.54, 1.807) is 0 Å². The number of hydrogen-bond donors (Lipinski definition) is 2. The third kappa shape index (κ3) is 2.56. The Labute approximate surface area is 105 Å². The average Bonchev–Trinajstić information content (AvgIpc) is 2.58. The minimum Gasteiger partial charge on any atom is -0.375 e. The number of ether oxygens (including phenoxy) is 1. The number of rotatable bonds is 3. The van der Waals surface area contributed by atoms with Gasteiger partial charge in [0.25, 0.3) is 0 Å². The zero-order valence-corrected chi connectivity index (χ0v) is 11.3. The van der Waals surface area contributed by atoms with Gasteiger partial charge in [-0.2, -0.15) is 0 Å². The second-order valence-corrected chi connectivity index (χ2v) is 5.65. The standard InChI is InChI=1S/C14H26N2O/c1-9-10(2)17-11(3)13(9)14(16-15)12-7-5-4-6-8-12/h7,9-11,13-14,16H,4-6,8,15H2,1-3H3. The Morgan fingerprint density at radius 2 is 2.06 bits per heavy atom. The van der Waals surface area contributed by atoms with Gasteiger partial charge in [0, 0.05) is 12.0 Å². The van der Waals surface area contributed by atoms with Crippen LogP contribution in [0.2, 0.25) is 0 Å². The monoisotopic (exact) mass is 238 g/mol. The summed E-state index contributed by atoms with van der Waals surface area (Å²) >= 11 is 0. The minimum absolute atomic E-state index is 0.295. The molecular weight excluding hydrogens is 212 g/mol. The lowest BCUT2D eigenvalue weighted by atomic mass is 9.78. The fourth-order valence-electron chi connectivity index (χ4n) is 3.48. The molecule has 5 unspecified atom stereocenters. The molecule has 1 saturated heterocycles. The van der Waals surface area contributed by atoms with Crippen molar-refractivity contribution in [2.24, 2.45) is 17.7 Å². The fourth-order valence-corrected chi connectivity index (χ4v) is 3.48. The van der Waals surface area contributed by atoms with Gasteiger partial charge in [-0.05, 0) is 45.4 Å². The van der Waals surface area contributed by atoms with Gasteiger partial charge in [0.05, 0.1) is 12.2 Å². The Hall–Kier alpha value is -0.380. The van der Waals surface area contributed by atoms with Gasteiger partial charge in [-0.3, -0.25) is 11.3 Å². The van der Waals surface area contributed by atoms with E-state index in [9.17, 15) is 0 Å². The van der Waals surface area contributed by atoms with E-state index in [1.807, 2.05) is 0 Å². The molecule has 0 amide bonds. The maximum Gasteiger partial charge on any atom is 0.0601 e. The van der Waals surface area contributed by atoms with Crippen LogP contribution in [0.15, 0.2) is 11.6 Å². The maximum atomic E-state index is 5.94. The number of nitrogens with one attached hydrogen (secondary N) is 1. The van der Waals surface area contributed by atoms with Crippen molar-refractivity contribution in [1.29, 1.82) is 0 Å². The van der Waals surface area contributed by atoms with Crippen LogP contribution < -0.4 is 11.3 Å². The van der Waals surface area contributed by atoms with E-state index in [4.69, 9.17) is 10.6 Å². The van der Waals surface area contributed by atoms with E-state index >= 15 is 0 Å². The first-order valence-corrected chi connectivity index (χ1v) is 6.95. The molecule has 0 aromatic carbocycles. The summed E-state index contributed by atoms with van der Waals surface area (Å²) < 4.78 is 5.94. The van der Waals surface area contributed by atoms with Gasteiger partial charge in [0.1, 0.15) is 0 Å². The zero-order valence-electron chi connectivity index (χ0n) is 11.3. The third-order valence-electron chi connectivity index (χ3n) is 4.61. The normalized spacial score (nSPS) is 40.1. The summed E-state index contributed by atoms with van der Waals surface area (Å²) in [6, 6.07) is 0.297. The van der Waals surface area contributed by atoms with Crippen LogP contribution >= 0.6 is 0 Å². The van der Waals surface area contributed by atoms with E-state index in [0.717, 1.165) is 0 Å². The van der Waals surface area contributed by atoms with Crippen molar-refractivity contribution in [3.8, 4) is 0 Å². The van der Waals surface area contributed by atoms with E-state index in [2.05, 4.69) is 32.3 Å². The molecular formula is C14H26N2O. The summed E-state index contributed by atoms with van der Waals surface area (Å²) in [5, 5.41) is 0. The lowest BCUT2D eigenvalue weighted by molar-refractivity contribution is 0.0487. The van der Waals surface area contributed by atoms with Crippen molar-refractivity contribution in [2.45, 2.75) is 64.7 Å². The molecule has 1 heterocycles. The van der Waals surface area contributed by atoms with Crippen molar-refractivity contribution < 1.29 is 4.74 Å². The number of nitrogens with two attached hydrogens (primary N) is 1. The number of allylic oxidation sites excluding steroid dienone is 1. The summed E-state index contributed by atoms with van der Waals surface area (Å²) in [6.45, 7) is 6.63. The van der Waals surface area contributed by atoms with Crippen molar-refractivity contribution in [2.75, 3.05) is 0 Å². The molecule has 5 atom stereocenters. The van der Waals surface area contributed by atoms with Crippen LogP contribution in [0.4, 0.5) is 0 Å². The average molecular weight is 238 g/mol. The summed E-state index contributed by atoms with van der Waals surface area (Å²) in [5.41, 5.74) is 4.55. The van der Waals surface area contributed by atoms with Crippen LogP contribution in [0.3, 0.4) is 0 Å².